The van der Waals surface area contributed by atoms with Crippen LogP contribution in [0.25, 0.3) is 0 Å². The number of benzene rings is 1. The van der Waals surface area contributed by atoms with Crippen LogP contribution >= 0.6 is 11.8 Å². The number of rotatable bonds is 6. The van der Waals surface area contributed by atoms with E-state index in [2.05, 4.69) is 24.1 Å². The number of hydrogen-bond acceptors (Lipinski definition) is 4. The van der Waals surface area contributed by atoms with Gasteiger partial charge in [-0.25, -0.2) is 0 Å². The number of morpholine rings is 1. The minimum absolute atomic E-state index is 0.0451. The van der Waals surface area contributed by atoms with Gasteiger partial charge >= 0.3 is 0 Å². The molecule has 1 aliphatic heterocycles. The summed E-state index contributed by atoms with van der Waals surface area (Å²) < 4.78 is 5.39. The highest BCUT2D eigenvalue weighted by Gasteiger charge is 2.29. The quantitative estimate of drug-likeness (QED) is 0.817. The molecule has 1 saturated heterocycles. The maximum Gasteiger partial charge on any atom is 0.233 e. The molecule has 1 heterocycles. The van der Waals surface area contributed by atoms with Crippen LogP contribution in [0.15, 0.2) is 35.2 Å². The molecule has 0 aromatic heterocycles. The molecule has 0 radical (unpaired) electrons. The molecular weight excluding hydrogens is 296 g/mol. The van der Waals surface area contributed by atoms with Gasteiger partial charge in [-0.1, -0.05) is 18.2 Å². The highest BCUT2D eigenvalue weighted by molar-refractivity contribution is 8.00. The van der Waals surface area contributed by atoms with E-state index >= 15 is 0 Å². The summed E-state index contributed by atoms with van der Waals surface area (Å²) in [7, 11) is 0. The van der Waals surface area contributed by atoms with Crippen molar-refractivity contribution < 1.29 is 9.53 Å². The zero-order valence-corrected chi connectivity index (χ0v) is 14.5. The molecule has 1 N–H and O–H groups in total. The van der Waals surface area contributed by atoms with Crippen molar-refractivity contribution in [2.24, 2.45) is 0 Å². The number of hydrogen-bond donors (Lipinski definition) is 1. The lowest BCUT2D eigenvalue weighted by atomic mass is 10.0. The molecule has 2 rings (SSSR count). The third-order valence-corrected chi connectivity index (χ3v) is 5.10. The summed E-state index contributed by atoms with van der Waals surface area (Å²) >= 11 is 1.59. The van der Waals surface area contributed by atoms with Crippen LogP contribution in [0, 0.1) is 0 Å². The smallest absolute Gasteiger partial charge is 0.233 e. The maximum atomic E-state index is 12.3. The van der Waals surface area contributed by atoms with Crippen LogP contribution in [0.2, 0.25) is 0 Å². The van der Waals surface area contributed by atoms with E-state index in [9.17, 15) is 4.79 Å². The summed E-state index contributed by atoms with van der Waals surface area (Å²) in [5, 5.41) is 3.00. The lowest BCUT2D eigenvalue weighted by molar-refractivity contribution is -0.121. The fourth-order valence-corrected chi connectivity index (χ4v) is 3.40. The molecule has 1 atom stereocenters. The Morgan fingerprint density at radius 1 is 1.32 bits per heavy atom. The number of carbonyl (C=O) groups excluding carboxylic acids is 1. The summed E-state index contributed by atoms with van der Waals surface area (Å²) in [4.78, 5) is 15.8. The van der Waals surface area contributed by atoms with Gasteiger partial charge in [0.1, 0.15) is 0 Å². The normalized spacial score (nSPS) is 18.0. The monoisotopic (exact) mass is 322 g/mol. The van der Waals surface area contributed by atoms with Crippen molar-refractivity contribution in [3.05, 3.63) is 30.3 Å². The fraction of sp³-hybridized carbons (Fsp3) is 0.588. The standard InChI is InChI=1S/C17H26N2O2S/c1-14(22-15-7-5-4-6-8-15)16(20)18-13-17(2,3)19-9-11-21-12-10-19/h4-8,14H,9-13H2,1-3H3,(H,18,20). The van der Waals surface area contributed by atoms with Gasteiger partial charge in [-0.3, -0.25) is 9.69 Å². The van der Waals surface area contributed by atoms with Crippen LogP contribution in [0.4, 0.5) is 0 Å². The first kappa shape index (κ1) is 17.3. The second kappa shape index (κ2) is 7.99. The lowest BCUT2D eigenvalue weighted by Crippen LogP contribution is -2.55. The van der Waals surface area contributed by atoms with Gasteiger partial charge in [0.2, 0.25) is 5.91 Å². The van der Waals surface area contributed by atoms with Gasteiger partial charge in [-0.2, -0.15) is 0 Å². The molecule has 4 nitrogen and oxygen atoms in total. The molecule has 0 spiro atoms. The molecule has 0 aliphatic carbocycles. The van der Waals surface area contributed by atoms with E-state index in [4.69, 9.17) is 4.74 Å². The fourth-order valence-electron chi connectivity index (χ4n) is 2.48. The van der Waals surface area contributed by atoms with Crippen molar-refractivity contribution >= 4 is 17.7 Å². The molecule has 1 fully saturated rings. The number of thioether (sulfide) groups is 1. The molecule has 0 bridgehead atoms. The van der Waals surface area contributed by atoms with Crippen molar-refractivity contribution in [1.82, 2.24) is 10.2 Å². The van der Waals surface area contributed by atoms with Crippen molar-refractivity contribution in [2.75, 3.05) is 32.8 Å². The molecule has 5 heteroatoms. The summed E-state index contributed by atoms with van der Waals surface area (Å²) in [6.45, 7) is 10.4. The highest BCUT2D eigenvalue weighted by atomic mass is 32.2. The molecule has 122 valence electrons. The van der Waals surface area contributed by atoms with Crippen molar-refractivity contribution in [2.45, 2.75) is 36.5 Å². The third-order valence-electron chi connectivity index (χ3n) is 3.99. The Hall–Kier alpha value is -1.04. The zero-order valence-electron chi connectivity index (χ0n) is 13.7. The highest BCUT2D eigenvalue weighted by Crippen LogP contribution is 2.23. The van der Waals surface area contributed by atoms with E-state index in [1.165, 1.54) is 0 Å². The van der Waals surface area contributed by atoms with Crippen LogP contribution in [-0.2, 0) is 9.53 Å². The Morgan fingerprint density at radius 3 is 2.59 bits per heavy atom. The molecule has 1 aromatic rings. The van der Waals surface area contributed by atoms with Crippen molar-refractivity contribution in [1.29, 1.82) is 0 Å². The molecule has 0 saturated carbocycles. The van der Waals surface area contributed by atoms with Crippen LogP contribution in [0.1, 0.15) is 20.8 Å². The molecule has 22 heavy (non-hydrogen) atoms. The number of nitrogens with one attached hydrogen (secondary N) is 1. The first-order valence-corrected chi connectivity index (χ1v) is 8.69. The Kier molecular flexibility index (Phi) is 6.29. The molecule has 1 aromatic carbocycles. The minimum atomic E-state index is -0.0945. The first-order chi connectivity index (χ1) is 10.5. The van der Waals surface area contributed by atoms with Crippen molar-refractivity contribution in [3.63, 3.8) is 0 Å². The average Bonchev–Trinajstić information content (AvgIpc) is 2.54. The third kappa shape index (κ3) is 5.00. The molecule has 1 unspecified atom stereocenters. The molecule has 1 aliphatic rings. The van der Waals surface area contributed by atoms with Crippen molar-refractivity contribution in [3.8, 4) is 0 Å². The van der Waals surface area contributed by atoms with Crippen LogP contribution in [-0.4, -0.2) is 54.4 Å². The predicted molar refractivity (Wildman–Crippen MR) is 91.2 cm³/mol. The zero-order chi connectivity index (χ0) is 16.0. The van der Waals surface area contributed by atoms with Crippen LogP contribution < -0.4 is 5.32 Å². The van der Waals surface area contributed by atoms with E-state index in [0.29, 0.717) is 6.54 Å². The summed E-state index contributed by atoms with van der Waals surface area (Å²) in [6, 6.07) is 10.0. The van der Waals surface area contributed by atoms with Gasteiger partial charge in [0.25, 0.3) is 0 Å². The molecular formula is C17H26N2O2S. The Balaban J connectivity index is 1.80. The summed E-state index contributed by atoms with van der Waals surface area (Å²) in [6.07, 6.45) is 0. The maximum absolute atomic E-state index is 12.3. The summed E-state index contributed by atoms with van der Waals surface area (Å²) in [5.41, 5.74) is -0.0451. The summed E-state index contributed by atoms with van der Waals surface area (Å²) in [5.74, 6) is 0.0928. The van der Waals surface area contributed by atoms with Gasteiger partial charge in [0, 0.05) is 30.1 Å². The predicted octanol–water partition coefficient (Wildman–Crippen LogP) is 2.39. The number of nitrogens with zero attached hydrogens (tertiary/aromatic N) is 1. The first-order valence-electron chi connectivity index (χ1n) is 7.81. The number of ether oxygens (including phenoxy) is 1. The van der Waals surface area contributed by atoms with Gasteiger partial charge in [-0.05, 0) is 32.9 Å². The topological polar surface area (TPSA) is 41.6 Å². The van der Waals surface area contributed by atoms with Gasteiger partial charge in [0.05, 0.1) is 18.5 Å². The Morgan fingerprint density at radius 2 is 1.95 bits per heavy atom. The van der Waals surface area contributed by atoms with E-state index < -0.39 is 0 Å². The molecule has 1 amide bonds. The van der Waals surface area contributed by atoms with Gasteiger partial charge < -0.3 is 10.1 Å². The Labute approximate surface area is 137 Å². The second-order valence-electron chi connectivity index (χ2n) is 6.20. The minimum Gasteiger partial charge on any atom is -0.379 e. The van der Waals surface area contributed by atoms with E-state index in [0.717, 1.165) is 31.2 Å². The lowest BCUT2D eigenvalue weighted by Gasteiger charge is -2.41. The number of carbonyl (C=O) groups is 1. The van der Waals surface area contributed by atoms with E-state index in [1.54, 1.807) is 11.8 Å². The number of amides is 1. The van der Waals surface area contributed by atoms with E-state index in [-0.39, 0.29) is 16.7 Å². The average molecular weight is 322 g/mol. The van der Waals surface area contributed by atoms with Gasteiger partial charge in [-0.15, -0.1) is 11.8 Å². The van der Waals surface area contributed by atoms with Crippen LogP contribution in [0.3, 0.4) is 0 Å². The van der Waals surface area contributed by atoms with Gasteiger partial charge in [0.15, 0.2) is 0 Å². The van der Waals surface area contributed by atoms with E-state index in [1.807, 2.05) is 37.3 Å². The SMILES string of the molecule is CC(Sc1ccccc1)C(=O)NCC(C)(C)N1CCOCC1. The Bertz CT molecular complexity index is 473. The largest absolute Gasteiger partial charge is 0.379 e. The second-order valence-corrected chi connectivity index (χ2v) is 7.62. The van der Waals surface area contributed by atoms with Crippen LogP contribution in [0.5, 0.6) is 0 Å².